The average molecular weight is 238 g/mol. The summed E-state index contributed by atoms with van der Waals surface area (Å²) in [6, 6.07) is 17.2. The van der Waals surface area contributed by atoms with Crippen LogP contribution in [0.5, 0.6) is 0 Å². The van der Waals surface area contributed by atoms with Crippen molar-refractivity contribution in [2.24, 2.45) is 0 Å². The lowest BCUT2D eigenvalue weighted by molar-refractivity contribution is 1.04. The zero-order valence-corrected chi connectivity index (χ0v) is 10.6. The van der Waals surface area contributed by atoms with Crippen LogP contribution in [0.15, 0.2) is 48.5 Å². The Morgan fingerprint density at radius 3 is 2.56 bits per heavy atom. The summed E-state index contributed by atoms with van der Waals surface area (Å²) in [5, 5.41) is 3.58. The molecule has 2 aromatic carbocycles. The van der Waals surface area contributed by atoms with E-state index in [4.69, 9.17) is 5.73 Å². The molecule has 2 atom stereocenters. The van der Waals surface area contributed by atoms with Crippen molar-refractivity contribution in [3.8, 4) is 0 Å². The number of nitrogen functional groups attached to an aromatic ring is 1. The number of rotatable bonds is 3. The minimum Gasteiger partial charge on any atom is -0.397 e. The van der Waals surface area contributed by atoms with E-state index in [0.717, 1.165) is 11.4 Å². The number of aryl methyl sites for hydroxylation is 1. The molecule has 0 heterocycles. The highest BCUT2D eigenvalue weighted by Gasteiger charge is 2.38. The summed E-state index contributed by atoms with van der Waals surface area (Å²) in [5.41, 5.74) is 10.6. The first kappa shape index (κ1) is 11.1. The van der Waals surface area contributed by atoms with E-state index >= 15 is 0 Å². The van der Waals surface area contributed by atoms with Crippen LogP contribution in [0.2, 0.25) is 0 Å². The third kappa shape index (κ3) is 2.06. The lowest BCUT2D eigenvalue weighted by Crippen LogP contribution is -2.07. The van der Waals surface area contributed by atoms with Crippen molar-refractivity contribution < 1.29 is 0 Å². The first-order chi connectivity index (χ1) is 8.75. The summed E-state index contributed by atoms with van der Waals surface area (Å²) in [6.45, 7) is 2.10. The molecule has 2 heteroatoms. The molecular formula is C16H18N2. The highest BCUT2D eigenvalue weighted by Crippen LogP contribution is 2.43. The Morgan fingerprint density at radius 2 is 1.83 bits per heavy atom. The molecule has 2 nitrogen and oxygen atoms in total. The molecule has 3 N–H and O–H groups in total. The van der Waals surface area contributed by atoms with Crippen molar-refractivity contribution in [2.45, 2.75) is 25.3 Å². The van der Waals surface area contributed by atoms with Crippen LogP contribution in [0.25, 0.3) is 0 Å². The Labute approximate surface area is 108 Å². The predicted molar refractivity (Wildman–Crippen MR) is 76.8 cm³/mol. The van der Waals surface area contributed by atoms with Crippen LogP contribution in [-0.4, -0.2) is 6.04 Å². The third-order valence-corrected chi connectivity index (χ3v) is 3.65. The molecule has 0 amide bonds. The van der Waals surface area contributed by atoms with Gasteiger partial charge in [0.2, 0.25) is 0 Å². The molecule has 1 saturated carbocycles. The maximum atomic E-state index is 6.02. The molecule has 0 spiro atoms. The fourth-order valence-corrected chi connectivity index (χ4v) is 2.50. The van der Waals surface area contributed by atoms with E-state index in [1.807, 2.05) is 12.1 Å². The molecule has 0 aromatic heterocycles. The molecule has 18 heavy (non-hydrogen) atoms. The summed E-state index contributed by atoms with van der Waals surface area (Å²) < 4.78 is 0. The minimum atomic E-state index is 0.524. The molecule has 3 rings (SSSR count). The molecule has 2 aromatic rings. The lowest BCUT2D eigenvalue weighted by atomic mass is 10.1. The number of hydrogen-bond acceptors (Lipinski definition) is 2. The van der Waals surface area contributed by atoms with Gasteiger partial charge in [-0.2, -0.15) is 0 Å². The molecule has 2 unspecified atom stereocenters. The topological polar surface area (TPSA) is 38.0 Å². The number of hydrogen-bond donors (Lipinski definition) is 2. The molecular weight excluding hydrogens is 220 g/mol. The first-order valence-corrected chi connectivity index (χ1v) is 6.42. The zero-order chi connectivity index (χ0) is 12.5. The van der Waals surface area contributed by atoms with E-state index in [2.05, 4.69) is 48.6 Å². The fourth-order valence-electron chi connectivity index (χ4n) is 2.50. The van der Waals surface area contributed by atoms with Crippen LogP contribution in [0.3, 0.4) is 0 Å². The van der Waals surface area contributed by atoms with Crippen LogP contribution in [-0.2, 0) is 0 Å². The quantitative estimate of drug-likeness (QED) is 0.803. The van der Waals surface area contributed by atoms with E-state index < -0.39 is 0 Å². The highest BCUT2D eigenvalue weighted by molar-refractivity contribution is 5.71. The van der Waals surface area contributed by atoms with Gasteiger partial charge >= 0.3 is 0 Å². The van der Waals surface area contributed by atoms with Gasteiger partial charge < -0.3 is 11.1 Å². The summed E-state index contributed by atoms with van der Waals surface area (Å²) in [7, 11) is 0. The monoisotopic (exact) mass is 238 g/mol. The van der Waals surface area contributed by atoms with Crippen molar-refractivity contribution in [2.75, 3.05) is 11.1 Å². The Balaban J connectivity index is 1.73. The Morgan fingerprint density at radius 1 is 1.06 bits per heavy atom. The van der Waals surface area contributed by atoms with Gasteiger partial charge in [0.1, 0.15) is 0 Å². The van der Waals surface area contributed by atoms with Gasteiger partial charge in [-0.3, -0.25) is 0 Å². The van der Waals surface area contributed by atoms with Gasteiger partial charge in [0.25, 0.3) is 0 Å². The minimum absolute atomic E-state index is 0.524. The fraction of sp³-hybridized carbons (Fsp3) is 0.250. The van der Waals surface area contributed by atoms with E-state index in [0.29, 0.717) is 12.0 Å². The number of para-hydroxylation sites is 1. The van der Waals surface area contributed by atoms with Gasteiger partial charge in [0.05, 0.1) is 11.4 Å². The molecule has 0 saturated heterocycles. The average Bonchev–Trinajstić information content (AvgIpc) is 3.15. The Kier molecular flexibility index (Phi) is 2.71. The van der Waals surface area contributed by atoms with Gasteiger partial charge in [-0.15, -0.1) is 0 Å². The standard InChI is InChI=1S/C16H18N2/c1-11-6-5-9-14(17)16(11)18-15-10-13(15)12-7-3-2-4-8-12/h2-9,13,15,18H,10,17H2,1H3. The highest BCUT2D eigenvalue weighted by atomic mass is 15.0. The summed E-state index contributed by atoms with van der Waals surface area (Å²) in [5.74, 6) is 0.630. The molecule has 1 fully saturated rings. The van der Waals surface area contributed by atoms with Gasteiger partial charge in [-0.05, 0) is 30.5 Å². The molecule has 0 aliphatic heterocycles. The summed E-state index contributed by atoms with van der Waals surface area (Å²) in [4.78, 5) is 0. The maximum absolute atomic E-state index is 6.02. The van der Waals surface area contributed by atoms with E-state index in [9.17, 15) is 0 Å². The van der Waals surface area contributed by atoms with Crippen molar-refractivity contribution >= 4 is 11.4 Å². The van der Waals surface area contributed by atoms with E-state index in [-0.39, 0.29) is 0 Å². The molecule has 0 radical (unpaired) electrons. The second kappa shape index (κ2) is 4.37. The van der Waals surface area contributed by atoms with Crippen molar-refractivity contribution in [3.63, 3.8) is 0 Å². The Bertz CT molecular complexity index is 528. The van der Waals surface area contributed by atoms with Gasteiger partial charge in [0.15, 0.2) is 0 Å². The normalized spacial score (nSPS) is 21.6. The Hall–Kier alpha value is -1.96. The number of benzene rings is 2. The van der Waals surface area contributed by atoms with Crippen LogP contribution >= 0.6 is 0 Å². The third-order valence-electron chi connectivity index (χ3n) is 3.65. The maximum Gasteiger partial charge on any atom is 0.0605 e. The summed E-state index contributed by atoms with van der Waals surface area (Å²) >= 11 is 0. The molecule has 92 valence electrons. The van der Waals surface area contributed by atoms with E-state index in [1.54, 1.807) is 0 Å². The van der Waals surface area contributed by atoms with Crippen LogP contribution in [0, 0.1) is 6.92 Å². The van der Waals surface area contributed by atoms with Gasteiger partial charge in [-0.1, -0.05) is 42.5 Å². The zero-order valence-electron chi connectivity index (χ0n) is 10.6. The van der Waals surface area contributed by atoms with Crippen LogP contribution in [0.4, 0.5) is 11.4 Å². The van der Waals surface area contributed by atoms with Crippen molar-refractivity contribution in [1.29, 1.82) is 0 Å². The smallest absolute Gasteiger partial charge is 0.0605 e. The largest absolute Gasteiger partial charge is 0.397 e. The van der Waals surface area contributed by atoms with Crippen molar-refractivity contribution in [3.05, 3.63) is 59.7 Å². The second-order valence-corrected chi connectivity index (χ2v) is 5.04. The van der Waals surface area contributed by atoms with Crippen LogP contribution in [0.1, 0.15) is 23.5 Å². The molecule has 1 aliphatic rings. The number of anilines is 2. The second-order valence-electron chi connectivity index (χ2n) is 5.04. The number of nitrogens with two attached hydrogens (primary N) is 1. The van der Waals surface area contributed by atoms with Crippen LogP contribution < -0.4 is 11.1 Å². The predicted octanol–water partition coefficient (Wildman–Crippen LogP) is 3.55. The van der Waals surface area contributed by atoms with Gasteiger partial charge in [-0.25, -0.2) is 0 Å². The SMILES string of the molecule is Cc1cccc(N)c1NC1CC1c1ccccc1. The first-order valence-electron chi connectivity index (χ1n) is 6.42. The van der Waals surface area contributed by atoms with Crippen molar-refractivity contribution in [1.82, 2.24) is 0 Å². The number of nitrogens with one attached hydrogen (secondary N) is 1. The molecule has 0 bridgehead atoms. The molecule has 1 aliphatic carbocycles. The van der Waals surface area contributed by atoms with E-state index in [1.165, 1.54) is 17.5 Å². The van der Waals surface area contributed by atoms with Gasteiger partial charge in [0, 0.05) is 12.0 Å². The summed E-state index contributed by atoms with van der Waals surface area (Å²) in [6.07, 6.45) is 1.19. The lowest BCUT2D eigenvalue weighted by Gasteiger charge is -2.12.